The fraction of sp³-hybridized carbons (Fsp3) is 0.381. The third-order valence-corrected chi connectivity index (χ3v) is 7.58. The number of piperazine rings is 1. The highest BCUT2D eigenvalue weighted by Crippen LogP contribution is 2.50. The lowest BCUT2D eigenvalue weighted by Crippen LogP contribution is -2.54. The maximum Gasteiger partial charge on any atom is 0.430 e. The molecule has 2 aromatic rings. The summed E-state index contributed by atoms with van der Waals surface area (Å²) < 4.78 is 117. The zero-order valence-corrected chi connectivity index (χ0v) is 19.0. The number of aliphatic hydroxyl groups is 1. The summed E-state index contributed by atoms with van der Waals surface area (Å²) in [6.07, 6.45) is -9.89. The number of rotatable bonds is 5. The van der Waals surface area contributed by atoms with Gasteiger partial charge in [-0.3, -0.25) is 4.90 Å². The van der Waals surface area contributed by atoms with Gasteiger partial charge in [-0.15, -0.1) is 4.39 Å². The Kier molecular flexibility index (Phi) is 7.45. The fourth-order valence-corrected chi connectivity index (χ4v) is 5.24. The van der Waals surface area contributed by atoms with E-state index in [2.05, 4.69) is 4.98 Å². The van der Waals surface area contributed by atoms with E-state index in [0.29, 0.717) is 12.1 Å². The summed E-state index contributed by atoms with van der Waals surface area (Å²) >= 11 is 0. The number of nitrogen functional groups attached to an aromatic ring is 1. The maximum atomic E-state index is 13.1. The lowest BCUT2D eigenvalue weighted by molar-refractivity contribution is -0.376. The van der Waals surface area contributed by atoms with Crippen molar-refractivity contribution in [2.45, 2.75) is 28.2 Å². The van der Waals surface area contributed by atoms with Crippen LogP contribution in [-0.4, -0.2) is 67.3 Å². The second-order valence-electron chi connectivity index (χ2n) is 7.83. The van der Waals surface area contributed by atoms with E-state index in [1.54, 1.807) is 4.90 Å². The van der Waals surface area contributed by atoms with Crippen LogP contribution in [0.3, 0.4) is 0 Å². The minimum absolute atomic E-state index is 0.0256. The lowest BCUT2D eigenvalue weighted by Gasteiger charge is -2.38. The zero-order valence-electron chi connectivity index (χ0n) is 18.2. The number of halogens is 7. The van der Waals surface area contributed by atoms with E-state index >= 15 is 0 Å². The first-order chi connectivity index (χ1) is 16.6. The van der Waals surface area contributed by atoms with Crippen LogP contribution in [0.1, 0.15) is 5.56 Å². The van der Waals surface area contributed by atoms with Crippen molar-refractivity contribution in [1.29, 1.82) is 0 Å². The van der Waals surface area contributed by atoms with Gasteiger partial charge in [0.05, 0.1) is 4.90 Å². The lowest BCUT2D eigenvalue weighted by atomic mass is 9.92. The molecule has 0 amide bonds. The summed E-state index contributed by atoms with van der Waals surface area (Å²) in [5.41, 5.74) is -0.740. The van der Waals surface area contributed by atoms with Crippen molar-refractivity contribution in [3.8, 4) is 12.1 Å². The topological polar surface area (TPSA) is 99.8 Å². The van der Waals surface area contributed by atoms with Crippen molar-refractivity contribution < 1.29 is 44.3 Å². The molecule has 1 atom stereocenters. The van der Waals surface area contributed by atoms with E-state index in [1.807, 2.05) is 5.92 Å². The summed E-state index contributed by atoms with van der Waals surface area (Å²) in [5.74, 6) is 2.09. The molecule has 1 saturated heterocycles. The fourth-order valence-electron chi connectivity index (χ4n) is 3.72. The number of aromatic nitrogens is 1. The van der Waals surface area contributed by atoms with Gasteiger partial charge in [-0.2, -0.15) is 26.3 Å². The van der Waals surface area contributed by atoms with Crippen molar-refractivity contribution in [2.75, 3.05) is 36.8 Å². The highest BCUT2D eigenvalue weighted by Gasteiger charge is 2.71. The predicted molar refractivity (Wildman–Crippen MR) is 115 cm³/mol. The molecular formula is C21H19F7N4O3S. The van der Waals surface area contributed by atoms with Gasteiger partial charge in [0.2, 0.25) is 9.84 Å². The van der Waals surface area contributed by atoms with Crippen molar-refractivity contribution in [1.82, 2.24) is 9.88 Å². The molecule has 0 spiro atoms. The Hall–Kier alpha value is -3.09. The normalized spacial score (nSPS) is 16.8. The number of alkyl halides is 6. The van der Waals surface area contributed by atoms with Gasteiger partial charge in [-0.25, -0.2) is 13.4 Å². The average molecular weight is 540 g/mol. The zero-order chi connectivity index (χ0) is 26.9. The summed E-state index contributed by atoms with van der Waals surface area (Å²) in [4.78, 5) is 6.43. The SMILES string of the molecule is Nc1ccc(S(=O)(=O)C(C#CF)N2CCN(c3ccc(C(O)(C(F)(F)F)C(F)(F)F)cc3)CC2)cn1. The molecule has 2 heterocycles. The van der Waals surface area contributed by atoms with E-state index in [-0.39, 0.29) is 42.6 Å². The highest BCUT2D eigenvalue weighted by atomic mass is 32.2. The van der Waals surface area contributed by atoms with Gasteiger partial charge in [0, 0.05) is 43.6 Å². The third-order valence-electron chi connectivity index (χ3n) is 5.68. The molecule has 36 heavy (non-hydrogen) atoms. The van der Waals surface area contributed by atoms with Crippen LogP contribution in [0.15, 0.2) is 47.5 Å². The van der Waals surface area contributed by atoms with E-state index < -0.39 is 38.7 Å². The Labute approximate surface area is 201 Å². The monoisotopic (exact) mass is 540 g/mol. The summed E-state index contributed by atoms with van der Waals surface area (Å²) in [6.45, 7) is 0.250. The number of benzene rings is 1. The van der Waals surface area contributed by atoms with Crippen molar-refractivity contribution in [3.63, 3.8) is 0 Å². The first-order valence-corrected chi connectivity index (χ1v) is 11.7. The number of hydrogen-bond donors (Lipinski definition) is 2. The smallest absolute Gasteiger partial charge is 0.384 e. The number of pyridine rings is 1. The first-order valence-electron chi connectivity index (χ1n) is 10.1. The molecule has 0 aliphatic carbocycles. The van der Waals surface area contributed by atoms with E-state index in [4.69, 9.17) is 5.73 Å². The van der Waals surface area contributed by atoms with Gasteiger partial charge in [-0.05, 0) is 30.2 Å². The van der Waals surface area contributed by atoms with Gasteiger partial charge in [0.25, 0.3) is 5.60 Å². The minimum Gasteiger partial charge on any atom is -0.384 e. The molecule has 1 aliphatic heterocycles. The molecule has 0 radical (unpaired) electrons. The molecule has 1 aromatic carbocycles. The number of sulfone groups is 1. The van der Waals surface area contributed by atoms with Crippen LogP contribution in [0.2, 0.25) is 0 Å². The largest absolute Gasteiger partial charge is 0.430 e. The predicted octanol–water partition coefficient (Wildman–Crippen LogP) is 2.83. The second-order valence-corrected chi connectivity index (χ2v) is 9.84. The van der Waals surface area contributed by atoms with E-state index in [9.17, 15) is 44.3 Å². The van der Waals surface area contributed by atoms with Crippen LogP contribution in [0.25, 0.3) is 0 Å². The average Bonchev–Trinajstić information content (AvgIpc) is 2.81. The quantitative estimate of drug-likeness (QED) is 0.445. The molecule has 3 N–H and O–H groups in total. The van der Waals surface area contributed by atoms with Gasteiger partial charge in [0.15, 0.2) is 5.37 Å². The molecule has 7 nitrogen and oxygen atoms in total. The van der Waals surface area contributed by atoms with Crippen LogP contribution in [0, 0.1) is 12.1 Å². The molecular weight excluding hydrogens is 521 g/mol. The summed E-state index contributed by atoms with van der Waals surface area (Å²) in [5, 5.41) is 7.94. The summed E-state index contributed by atoms with van der Waals surface area (Å²) in [7, 11) is -4.18. The molecule has 0 bridgehead atoms. The van der Waals surface area contributed by atoms with Crippen molar-refractivity contribution in [3.05, 3.63) is 48.2 Å². The van der Waals surface area contributed by atoms with Crippen LogP contribution in [-0.2, 0) is 15.4 Å². The Balaban J connectivity index is 1.78. The molecule has 1 unspecified atom stereocenters. The van der Waals surface area contributed by atoms with Crippen molar-refractivity contribution in [2.24, 2.45) is 0 Å². The van der Waals surface area contributed by atoms with Gasteiger partial charge >= 0.3 is 12.4 Å². The van der Waals surface area contributed by atoms with Crippen molar-refractivity contribution >= 4 is 21.3 Å². The van der Waals surface area contributed by atoms with Crippen LogP contribution >= 0.6 is 0 Å². The second kappa shape index (κ2) is 9.75. The Morgan fingerprint density at radius 2 is 1.50 bits per heavy atom. The maximum absolute atomic E-state index is 13.1. The number of anilines is 2. The molecule has 15 heteroatoms. The van der Waals surface area contributed by atoms with Gasteiger partial charge in [0.1, 0.15) is 12.0 Å². The Bertz CT molecular complexity index is 1220. The highest BCUT2D eigenvalue weighted by molar-refractivity contribution is 7.92. The van der Waals surface area contributed by atoms with Gasteiger partial charge in [-0.1, -0.05) is 12.1 Å². The minimum atomic E-state index is -6.00. The van der Waals surface area contributed by atoms with Crippen LogP contribution in [0.5, 0.6) is 0 Å². The summed E-state index contributed by atoms with van der Waals surface area (Å²) in [6, 6.07) is 5.49. The molecule has 1 fully saturated rings. The Morgan fingerprint density at radius 1 is 0.944 bits per heavy atom. The number of nitrogens with zero attached hydrogens (tertiary/aromatic N) is 3. The van der Waals surface area contributed by atoms with Crippen LogP contribution < -0.4 is 10.6 Å². The third kappa shape index (κ3) is 5.06. The standard InChI is InChI=1S/C21H19F7N4O3S/c22-8-7-18(36(34,35)16-5-6-17(29)30-13-16)32-11-9-31(10-12-32)15-3-1-14(2-4-15)19(33,20(23,24)25)21(26,27)28/h1-6,13,18,33H,9-12H2,(H2,29,30). The van der Waals surface area contributed by atoms with Gasteiger partial charge < -0.3 is 15.7 Å². The number of hydrogen-bond acceptors (Lipinski definition) is 7. The molecule has 196 valence electrons. The first kappa shape index (κ1) is 27.5. The Morgan fingerprint density at radius 3 is 1.94 bits per heavy atom. The molecule has 1 aromatic heterocycles. The van der Waals surface area contributed by atoms with E-state index in [0.717, 1.165) is 24.5 Å². The van der Waals surface area contributed by atoms with E-state index in [1.165, 1.54) is 17.0 Å². The van der Waals surface area contributed by atoms with Crippen LogP contribution in [0.4, 0.5) is 42.2 Å². The molecule has 0 saturated carbocycles. The molecule has 1 aliphatic rings. The number of nitrogens with two attached hydrogens (primary N) is 1. The molecule has 3 rings (SSSR count).